The van der Waals surface area contributed by atoms with Gasteiger partial charge in [-0.25, -0.2) is 0 Å². The first-order chi connectivity index (χ1) is 26.3. The molecule has 2 nitrogen and oxygen atoms in total. The Morgan fingerprint density at radius 3 is 1.62 bits per heavy atom. The molecule has 0 radical (unpaired) electrons. The van der Waals surface area contributed by atoms with E-state index in [1.807, 2.05) is 0 Å². The zero-order chi connectivity index (χ0) is 38.0. The number of hydrogen-bond acceptors (Lipinski definition) is 2. The smallest absolute Gasteiger partial charge is 0.136 e. The van der Waals surface area contributed by atoms with Crippen LogP contribution < -0.4 is 4.90 Å². The summed E-state index contributed by atoms with van der Waals surface area (Å²) < 4.78 is 6.72. The Morgan fingerprint density at radius 1 is 0.436 bits per heavy atom. The Kier molecular flexibility index (Phi) is 7.09. The highest BCUT2D eigenvalue weighted by Gasteiger charge is 2.36. The van der Waals surface area contributed by atoms with Gasteiger partial charge in [-0.05, 0) is 125 Å². The van der Waals surface area contributed by atoms with Crippen LogP contribution in [-0.4, -0.2) is 0 Å². The maximum atomic E-state index is 6.72. The van der Waals surface area contributed by atoms with Gasteiger partial charge < -0.3 is 9.32 Å². The lowest BCUT2D eigenvalue weighted by Gasteiger charge is -2.29. The Morgan fingerprint density at radius 2 is 0.964 bits per heavy atom. The monoisotopic (exact) mass is 713 g/mol. The fraction of sp³-hybridized carbons (Fsp3) is 0.208. The average molecular weight is 714 g/mol. The maximum Gasteiger partial charge on any atom is 0.136 e. The first kappa shape index (κ1) is 33.7. The molecule has 0 amide bonds. The van der Waals surface area contributed by atoms with Gasteiger partial charge in [0, 0.05) is 33.2 Å². The third-order valence-electron chi connectivity index (χ3n) is 12.3. The average Bonchev–Trinajstić information content (AvgIpc) is 3.65. The summed E-state index contributed by atoms with van der Waals surface area (Å²) in [6.07, 6.45) is 0. The van der Waals surface area contributed by atoms with Gasteiger partial charge in [0.25, 0.3) is 0 Å². The van der Waals surface area contributed by atoms with Crippen molar-refractivity contribution < 1.29 is 4.42 Å². The number of hydrogen-bond donors (Lipinski definition) is 0. The van der Waals surface area contributed by atoms with Crippen LogP contribution in [0.5, 0.6) is 0 Å². The van der Waals surface area contributed by atoms with E-state index in [1.165, 1.54) is 71.1 Å². The number of rotatable bonds is 3. The minimum absolute atomic E-state index is 0.00170. The molecule has 1 heterocycles. The minimum atomic E-state index is -0.122. The SMILES string of the molecule is CC(C)(C)c1cc(C(C)(C)C)c2c(c1)oc1ccc(N(c3ccc4c(c3)C(C)(C)c3ccccc3-4)c3ccc4c5ccccc5c5ccccc5c4c3)cc12. The van der Waals surface area contributed by atoms with Crippen LogP contribution in [0.3, 0.4) is 0 Å². The molecular weight excluding hydrogens is 667 g/mol. The molecule has 0 N–H and O–H groups in total. The standard InChI is InChI=1S/C53H47NO/c1-51(2,3)32-27-47(52(4,5)6)50-44-30-34(23-26-48(44)55-49(50)28-32)54(35-22-25-42-41-19-13-14-20-45(41)53(7,8)46(42)31-35)33-21-24-40-38-17-10-9-15-36(38)37-16-11-12-18-39(37)43(40)29-33/h9-31H,1-8H3. The topological polar surface area (TPSA) is 16.4 Å². The molecule has 8 aromatic carbocycles. The highest BCUT2D eigenvalue weighted by atomic mass is 16.3. The summed E-state index contributed by atoms with van der Waals surface area (Å²) in [5.41, 5.74) is 13.0. The first-order valence-electron chi connectivity index (χ1n) is 19.7. The van der Waals surface area contributed by atoms with Crippen LogP contribution in [-0.2, 0) is 16.2 Å². The van der Waals surface area contributed by atoms with Crippen molar-refractivity contribution in [3.63, 3.8) is 0 Å². The highest BCUT2D eigenvalue weighted by Crippen LogP contribution is 2.51. The lowest BCUT2D eigenvalue weighted by Crippen LogP contribution is -2.17. The summed E-state index contributed by atoms with van der Waals surface area (Å²) in [7, 11) is 0. The third kappa shape index (κ3) is 5.07. The number of anilines is 3. The predicted octanol–water partition coefficient (Wildman–Crippen LogP) is 15.4. The largest absolute Gasteiger partial charge is 0.456 e. The molecule has 1 aromatic heterocycles. The molecule has 0 atom stereocenters. The van der Waals surface area contributed by atoms with Crippen LogP contribution in [0, 0.1) is 0 Å². The summed E-state index contributed by atoms with van der Waals surface area (Å²) in [6.45, 7) is 18.5. The molecule has 10 rings (SSSR count). The van der Waals surface area contributed by atoms with E-state index in [0.717, 1.165) is 33.6 Å². The van der Waals surface area contributed by atoms with Crippen LogP contribution in [0.1, 0.15) is 77.6 Å². The Hall–Kier alpha value is -5.86. The zero-order valence-electron chi connectivity index (χ0n) is 33.1. The van der Waals surface area contributed by atoms with Gasteiger partial charge >= 0.3 is 0 Å². The second kappa shape index (κ2) is 11.6. The summed E-state index contributed by atoms with van der Waals surface area (Å²) in [5, 5.41) is 9.99. The van der Waals surface area contributed by atoms with E-state index >= 15 is 0 Å². The number of furan rings is 1. The van der Waals surface area contributed by atoms with E-state index in [4.69, 9.17) is 4.42 Å². The van der Waals surface area contributed by atoms with Gasteiger partial charge in [-0.1, -0.05) is 146 Å². The Balaban J connectivity index is 1.26. The molecule has 0 saturated carbocycles. The van der Waals surface area contributed by atoms with E-state index in [2.05, 4.69) is 200 Å². The lowest BCUT2D eigenvalue weighted by molar-refractivity contribution is 0.569. The molecule has 0 spiro atoms. The van der Waals surface area contributed by atoms with Crippen molar-refractivity contribution in [2.45, 2.75) is 71.6 Å². The van der Waals surface area contributed by atoms with E-state index in [1.54, 1.807) is 0 Å². The number of benzene rings is 8. The van der Waals surface area contributed by atoms with Crippen LogP contribution in [0.15, 0.2) is 144 Å². The van der Waals surface area contributed by atoms with Crippen molar-refractivity contribution in [2.24, 2.45) is 0 Å². The molecule has 1 aliphatic rings. The quantitative estimate of drug-likeness (QED) is 0.170. The summed E-state index contributed by atoms with van der Waals surface area (Å²) in [4.78, 5) is 2.46. The van der Waals surface area contributed by atoms with Crippen molar-refractivity contribution in [3.05, 3.63) is 162 Å². The third-order valence-corrected chi connectivity index (χ3v) is 12.3. The van der Waals surface area contributed by atoms with E-state index in [0.29, 0.717) is 0 Å². The summed E-state index contributed by atoms with van der Waals surface area (Å²) in [6, 6.07) is 52.2. The van der Waals surface area contributed by atoms with Gasteiger partial charge in [-0.3, -0.25) is 0 Å². The van der Waals surface area contributed by atoms with Crippen molar-refractivity contribution in [2.75, 3.05) is 4.90 Å². The molecule has 0 fully saturated rings. The summed E-state index contributed by atoms with van der Waals surface area (Å²) in [5.74, 6) is 0. The van der Waals surface area contributed by atoms with Gasteiger partial charge in [-0.2, -0.15) is 0 Å². The minimum Gasteiger partial charge on any atom is -0.456 e. The Labute approximate surface area is 324 Å². The van der Waals surface area contributed by atoms with Crippen LogP contribution >= 0.6 is 0 Å². The normalized spacial score (nSPS) is 14.0. The predicted molar refractivity (Wildman–Crippen MR) is 236 cm³/mol. The summed E-state index contributed by atoms with van der Waals surface area (Å²) >= 11 is 0. The van der Waals surface area contributed by atoms with E-state index in [-0.39, 0.29) is 16.2 Å². The molecule has 9 aromatic rings. The highest BCUT2D eigenvalue weighted by molar-refractivity contribution is 6.26. The molecule has 0 saturated heterocycles. The molecule has 1 aliphatic carbocycles. The second-order valence-corrected chi connectivity index (χ2v) is 18.2. The number of nitrogens with zero attached hydrogens (tertiary/aromatic N) is 1. The van der Waals surface area contributed by atoms with Crippen LogP contribution in [0.25, 0.3) is 65.4 Å². The molecule has 0 aliphatic heterocycles. The van der Waals surface area contributed by atoms with Gasteiger partial charge in [0.2, 0.25) is 0 Å². The van der Waals surface area contributed by atoms with Crippen molar-refractivity contribution in [1.82, 2.24) is 0 Å². The van der Waals surface area contributed by atoms with Crippen molar-refractivity contribution in [1.29, 1.82) is 0 Å². The fourth-order valence-corrected chi connectivity index (χ4v) is 9.37. The molecule has 270 valence electrons. The van der Waals surface area contributed by atoms with Gasteiger partial charge in [0.05, 0.1) is 0 Å². The number of fused-ring (bicyclic) bond motifs is 12. The zero-order valence-corrected chi connectivity index (χ0v) is 33.1. The van der Waals surface area contributed by atoms with E-state index < -0.39 is 0 Å². The molecule has 0 unspecified atom stereocenters. The van der Waals surface area contributed by atoms with Crippen LogP contribution in [0.4, 0.5) is 17.1 Å². The molecule has 55 heavy (non-hydrogen) atoms. The van der Waals surface area contributed by atoms with Crippen molar-refractivity contribution >= 4 is 71.3 Å². The fourth-order valence-electron chi connectivity index (χ4n) is 9.37. The first-order valence-corrected chi connectivity index (χ1v) is 19.7. The molecular formula is C53H47NO. The second-order valence-electron chi connectivity index (χ2n) is 18.2. The van der Waals surface area contributed by atoms with E-state index in [9.17, 15) is 0 Å². The molecule has 0 bridgehead atoms. The van der Waals surface area contributed by atoms with Gasteiger partial charge in [-0.15, -0.1) is 0 Å². The van der Waals surface area contributed by atoms with Gasteiger partial charge in [0.1, 0.15) is 11.2 Å². The Bertz CT molecular complexity index is 3000. The molecule has 2 heteroatoms. The van der Waals surface area contributed by atoms with Crippen molar-refractivity contribution in [3.8, 4) is 11.1 Å². The van der Waals surface area contributed by atoms with Gasteiger partial charge in [0.15, 0.2) is 0 Å². The van der Waals surface area contributed by atoms with Crippen LogP contribution in [0.2, 0.25) is 0 Å². The lowest BCUT2D eigenvalue weighted by atomic mass is 9.79. The maximum absolute atomic E-state index is 6.72.